The van der Waals surface area contributed by atoms with Crippen LogP contribution in [0.2, 0.25) is 0 Å². The highest BCUT2D eigenvalue weighted by Crippen LogP contribution is 2.26. The zero-order chi connectivity index (χ0) is 19.9. The van der Waals surface area contributed by atoms with Crippen LogP contribution in [0.3, 0.4) is 0 Å². The maximum absolute atomic E-state index is 12.4. The van der Waals surface area contributed by atoms with Gasteiger partial charge >= 0.3 is 0 Å². The van der Waals surface area contributed by atoms with Crippen LogP contribution < -0.4 is 15.8 Å². The van der Waals surface area contributed by atoms with Gasteiger partial charge in [0, 0.05) is 25.2 Å². The third kappa shape index (κ3) is 4.26. The fourth-order valence-corrected chi connectivity index (χ4v) is 3.27. The van der Waals surface area contributed by atoms with Crippen molar-refractivity contribution in [1.82, 2.24) is 20.2 Å². The standard InChI is InChI=1S/C20H23N7O/c1-3-5-15(6-4-2)23-18-17-16(13-22-26-19(17)28)24-20(25-18)27-11-8-14(7-10-21)9-12-27/h3-6,13-14H,1,7-9,11-12H2,2H3,(H,26,28)(H,23,24,25)/b6-4-,15-5+. The second-order valence-corrected chi connectivity index (χ2v) is 6.61. The van der Waals surface area contributed by atoms with Gasteiger partial charge in [-0.15, -0.1) is 0 Å². The van der Waals surface area contributed by atoms with Gasteiger partial charge in [0.25, 0.3) is 5.56 Å². The van der Waals surface area contributed by atoms with E-state index in [1.54, 1.807) is 12.2 Å². The van der Waals surface area contributed by atoms with Crippen molar-refractivity contribution in [3.8, 4) is 6.07 Å². The van der Waals surface area contributed by atoms with Crippen molar-refractivity contribution in [2.24, 2.45) is 5.92 Å². The van der Waals surface area contributed by atoms with Crippen LogP contribution in [-0.2, 0) is 0 Å². The van der Waals surface area contributed by atoms with Crippen LogP contribution in [0.1, 0.15) is 26.2 Å². The molecule has 0 unspecified atom stereocenters. The maximum atomic E-state index is 12.4. The minimum atomic E-state index is -0.349. The number of H-pyrrole nitrogens is 1. The topological polar surface area (TPSA) is 111 Å². The highest BCUT2D eigenvalue weighted by atomic mass is 16.1. The van der Waals surface area contributed by atoms with E-state index < -0.39 is 0 Å². The second-order valence-electron chi connectivity index (χ2n) is 6.61. The van der Waals surface area contributed by atoms with Gasteiger partial charge in [-0.3, -0.25) is 4.79 Å². The summed E-state index contributed by atoms with van der Waals surface area (Å²) in [5.41, 5.74) is 0.888. The lowest BCUT2D eigenvalue weighted by Gasteiger charge is -2.31. The third-order valence-electron chi connectivity index (χ3n) is 4.69. The zero-order valence-corrected chi connectivity index (χ0v) is 15.9. The van der Waals surface area contributed by atoms with E-state index in [9.17, 15) is 4.79 Å². The Morgan fingerprint density at radius 2 is 2.25 bits per heavy atom. The van der Waals surface area contributed by atoms with Crippen LogP contribution in [0.25, 0.3) is 10.9 Å². The van der Waals surface area contributed by atoms with Gasteiger partial charge in [-0.05, 0) is 37.8 Å². The van der Waals surface area contributed by atoms with Gasteiger partial charge in [0.1, 0.15) is 16.7 Å². The predicted molar refractivity (Wildman–Crippen MR) is 110 cm³/mol. The molecule has 0 bridgehead atoms. The Balaban J connectivity index is 2.00. The van der Waals surface area contributed by atoms with Crippen LogP contribution >= 0.6 is 0 Å². The molecule has 3 heterocycles. The van der Waals surface area contributed by atoms with E-state index in [0.29, 0.717) is 35.0 Å². The van der Waals surface area contributed by atoms with Gasteiger partial charge in [0.05, 0.1) is 12.3 Å². The molecule has 2 aromatic heterocycles. The number of fused-ring (bicyclic) bond motifs is 1. The Labute approximate surface area is 163 Å². The predicted octanol–water partition coefficient (Wildman–Crippen LogP) is 2.90. The SMILES string of the molecule is C=C/C=C(\C=C/C)Nc1nc(N2CCC(CC#N)CC2)nc2cn[nH]c(=O)c12. The molecule has 0 saturated carbocycles. The molecule has 8 heteroatoms. The highest BCUT2D eigenvalue weighted by Gasteiger charge is 2.22. The summed E-state index contributed by atoms with van der Waals surface area (Å²) in [5, 5.41) is 18.8. The molecular weight excluding hydrogens is 354 g/mol. The Bertz CT molecular complexity index is 1010. The molecule has 8 nitrogen and oxygen atoms in total. The van der Waals surface area contributed by atoms with E-state index in [-0.39, 0.29) is 5.56 Å². The van der Waals surface area contributed by atoms with E-state index in [1.165, 1.54) is 6.20 Å². The van der Waals surface area contributed by atoms with Crippen LogP contribution in [0, 0.1) is 17.2 Å². The lowest BCUT2D eigenvalue weighted by molar-refractivity contribution is 0.409. The van der Waals surface area contributed by atoms with Gasteiger partial charge in [-0.2, -0.15) is 15.3 Å². The number of nitrogens with one attached hydrogen (secondary N) is 2. The molecule has 0 radical (unpaired) electrons. The number of allylic oxidation sites excluding steroid dienone is 4. The van der Waals surface area contributed by atoms with Crippen LogP contribution in [0.15, 0.2) is 47.6 Å². The number of anilines is 2. The molecule has 28 heavy (non-hydrogen) atoms. The summed E-state index contributed by atoms with van der Waals surface area (Å²) in [5.74, 6) is 1.39. The Kier molecular flexibility index (Phi) is 6.17. The first-order chi connectivity index (χ1) is 13.7. The molecule has 0 spiro atoms. The normalized spacial score (nSPS) is 15.7. The van der Waals surface area contributed by atoms with E-state index in [2.05, 4.69) is 43.0 Å². The summed E-state index contributed by atoms with van der Waals surface area (Å²) in [6.45, 7) is 7.18. The van der Waals surface area contributed by atoms with Crippen molar-refractivity contribution < 1.29 is 0 Å². The summed E-state index contributed by atoms with van der Waals surface area (Å²) < 4.78 is 0. The van der Waals surface area contributed by atoms with Crippen LogP contribution in [0.4, 0.5) is 11.8 Å². The number of hydrogen-bond donors (Lipinski definition) is 2. The second kappa shape index (κ2) is 8.95. The number of aromatic nitrogens is 4. The lowest BCUT2D eigenvalue weighted by Crippen LogP contribution is -2.35. The summed E-state index contributed by atoms with van der Waals surface area (Å²) in [6.07, 6.45) is 11.2. The molecule has 0 aliphatic carbocycles. The molecule has 1 aliphatic rings. The smallest absolute Gasteiger partial charge is 0.277 e. The number of rotatable bonds is 6. The number of piperidine rings is 1. The third-order valence-corrected chi connectivity index (χ3v) is 4.69. The molecule has 1 fully saturated rings. The van der Waals surface area contributed by atoms with E-state index in [1.807, 2.05) is 19.1 Å². The maximum Gasteiger partial charge on any atom is 0.277 e. The number of nitrogens with zero attached hydrogens (tertiary/aromatic N) is 5. The van der Waals surface area contributed by atoms with Gasteiger partial charge in [0.2, 0.25) is 5.95 Å². The Morgan fingerprint density at radius 3 is 2.93 bits per heavy atom. The van der Waals surface area contributed by atoms with Crippen LogP contribution in [0.5, 0.6) is 0 Å². The van der Waals surface area contributed by atoms with E-state index >= 15 is 0 Å². The van der Waals surface area contributed by atoms with E-state index in [4.69, 9.17) is 5.26 Å². The first-order valence-electron chi connectivity index (χ1n) is 9.26. The number of hydrogen-bond acceptors (Lipinski definition) is 7. The number of nitriles is 1. The first-order valence-corrected chi connectivity index (χ1v) is 9.26. The molecule has 0 atom stereocenters. The molecule has 1 aliphatic heterocycles. The molecular formula is C20H23N7O. The van der Waals surface area contributed by atoms with Crippen LogP contribution in [-0.4, -0.2) is 33.3 Å². The number of aromatic amines is 1. The van der Waals surface area contributed by atoms with Gasteiger partial charge < -0.3 is 10.2 Å². The summed E-state index contributed by atoms with van der Waals surface area (Å²) in [6, 6.07) is 2.25. The van der Waals surface area contributed by atoms with Gasteiger partial charge in [-0.25, -0.2) is 10.1 Å². The molecule has 1 saturated heterocycles. The average molecular weight is 377 g/mol. The van der Waals surface area contributed by atoms with E-state index in [0.717, 1.165) is 31.6 Å². The van der Waals surface area contributed by atoms with Crippen molar-refractivity contribution in [2.45, 2.75) is 26.2 Å². The van der Waals surface area contributed by atoms with Crippen molar-refractivity contribution in [3.63, 3.8) is 0 Å². The largest absolute Gasteiger partial charge is 0.341 e. The Morgan fingerprint density at radius 1 is 1.46 bits per heavy atom. The fourth-order valence-electron chi connectivity index (χ4n) is 3.27. The van der Waals surface area contributed by atoms with Crippen molar-refractivity contribution in [1.29, 1.82) is 5.26 Å². The monoisotopic (exact) mass is 377 g/mol. The quantitative estimate of drug-likeness (QED) is 0.745. The fraction of sp³-hybridized carbons (Fsp3) is 0.350. The Hall–Kier alpha value is -3.47. The summed E-state index contributed by atoms with van der Waals surface area (Å²) in [4.78, 5) is 23.7. The molecule has 2 aromatic rings. The van der Waals surface area contributed by atoms with Crippen molar-refractivity contribution >= 4 is 22.7 Å². The van der Waals surface area contributed by atoms with Gasteiger partial charge in [0.15, 0.2) is 0 Å². The van der Waals surface area contributed by atoms with Crippen molar-refractivity contribution in [2.75, 3.05) is 23.3 Å². The first kappa shape index (κ1) is 19.3. The molecule has 2 N–H and O–H groups in total. The molecule has 144 valence electrons. The molecule has 0 aromatic carbocycles. The van der Waals surface area contributed by atoms with Crippen molar-refractivity contribution in [3.05, 3.63) is 53.1 Å². The average Bonchev–Trinajstić information content (AvgIpc) is 2.69. The minimum Gasteiger partial charge on any atom is -0.341 e. The summed E-state index contributed by atoms with van der Waals surface area (Å²) >= 11 is 0. The van der Waals surface area contributed by atoms with Gasteiger partial charge in [-0.1, -0.05) is 18.7 Å². The molecule has 0 amide bonds. The minimum absolute atomic E-state index is 0.349. The zero-order valence-electron chi connectivity index (χ0n) is 15.9. The lowest BCUT2D eigenvalue weighted by atomic mass is 9.94. The summed E-state index contributed by atoms with van der Waals surface area (Å²) in [7, 11) is 0. The highest BCUT2D eigenvalue weighted by molar-refractivity contribution is 5.89. The molecule has 3 rings (SSSR count).